The van der Waals surface area contributed by atoms with Crippen molar-refractivity contribution in [1.29, 1.82) is 0 Å². The molecular formula is C29H43NO. The zero-order valence-electron chi connectivity index (χ0n) is 19.7. The second-order valence-electron chi connectivity index (χ2n) is 8.80. The first kappa shape index (κ1) is 25.2. The Hall–Kier alpha value is -2.09. The molecule has 0 fully saturated rings. The van der Waals surface area contributed by atoms with Crippen LogP contribution in [-0.4, -0.2) is 12.5 Å². The summed E-state index contributed by atoms with van der Waals surface area (Å²) in [7, 11) is 0. The van der Waals surface area contributed by atoms with Crippen molar-refractivity contribution >= 4 is 5.91 Å². The van der Waals surface area contributed by atoms with Gasteiger partial charge in [0.15, 0.2) is 0 Å². The summed E-state index contributed by atoms with van der Waals surface area (Å²) in [6.07, 6.45) is 19.0. The van der Waals surface area contributed by atoms with Crippen LogP contribution in [0, 0.1) is 0 Å². The van der Waals surface area contributed by atoms with Crippen LogP contribution in [0.1, 0.15) is 107 Å². The average Bonchev–Trinajstić information content (AvgIpc) is 2.82. The maximum Gasteiger partial charge on any atom is 0.251 e. The number of hydrogen-bond acceptors (Lipinski definition) is 1. The highest BCUT2D eigenvalue weighted by molar-refractivity contribution is 5.94. The molecule has 0 aliphatic rings. The summed E-state index contributed by atoms with van der Waals surface area (Å²) in [6, 6.07) is 18.1. The molecule has 1 N–H and O–H groups in total. The molecule has 0 bridgehead atoms. The monoisotopic (exact) mass is 421 g/mol. The normalized spacial score (nSPS) is 10.9. The van der Waals surface area contributed by atoms with E-state index in [-0.39, 0.29) is 5.91 Å². The fourth-order valence-electron chi connectivity index (χ4n) is 4.07. The second-order valence-corrected chi connectivity index (χ2v) is 8.80. The Morgan fingerprint density at radius 1 is 0.581 bits per heavy atom. The summed E-state index contributed by atoms with van der Waals surface area (Å²) < 4.78 is 0. The molecule has 0 heterocycles. The number of carbonyl (C=O) groups is 1. The molecule has 0 aliphatic carbocycles. The van der Waals surface area contributed by atoms with E-state index in [1.165, 1.54) is 89.0 Å². The molecular weight excluding hydrogens is 378 g/mol. The standard InChI is InChI=1S/C29H43NO/c1-2-3-4-5-6-7-8-9-10-11-12-13-14-18-25-30-29(31)28-23-21-27(22-24-28)26-19-16-15-17-20-26/h15-17,19-24H,2-14,18,25H2,1H3,(H,30,31). The molecule has 0 spiro atoms. The Morgan fingerprint density at radius 3 is 1.55 bits per heavy atom. The zero-order chi connectivity index (χ0) is 22.0. The number of nitrogens with one attached hydrogen (secondary N) is 1. The van der Waals surface area contributed by atoms with Crippen molar-refractivity contribution < 1.29 is 4.79 Å². The average molecular weight is 422 g/mol. The maximum absolute atomic E-state index is 12.3. The van der Waals surface area contributed by atoms with Gasteiger partial charge in [0.05, 0.1) is 0 Å². The van der Waals surface area contributed by atoms with Crippen molar-refractivity contribution in [3.8, 4) is 11.1 Å². The molecule has 2 nitrogen and oxygen atoms in total. The predicted molar refractivity (Wildman–Crippen MR) is 135 cm³/mol. The van der Waals surface area contributed by atoms with Gasteiger partial charge >= 0.3 is 0 Å². The van der Waals surface area contributed by atoms with Crippen LogP contribution in [0.4, 0.5) is 0 Å². The number of rotatable bonds is 17. The van der Waals surface area contributed by atoms with E-state index in [1.54, 1.807) is 0 Å². The van der Waals surface area contributed by atoms with Gasteiger partial charge in [0.2, 0.25) is 0 Å². The molecule has 0 aliphatic heterocycles. The third-order valence-corrected chi connectivity index (χ3v) is 6.07. The SMILES string of the molecule is CCCCCCCCCCCCCCCCNC(=O)c1ccc(-c2ccccc2)cc1. The van der Waals surface area contributed by atoms with Gasteiger partial charge in [-0.1, -0.05) is 133 Å². The third kappa shape index (κ3) is 11.2. The summed E-state index contributed by atoms with van der Waals surface area (Å²) >= 11 is 0. The van der Waals surface area contributed by atoms with Gasteiger partial charge in [-0.3, -0.25) is 4.79 Å². The maximum atomic E-state index is 12.3. The fraction of sp³-hybridized carbons (Fsp3) is 0.552. The van der Waals surface area contributed by atoms with Gasteiger partial charge < -0.3 is 5.32 Å². The number of amides is 1. The lowest BCUT2D eigenvalue weighted by atomic mass is 10.0. The molecule has 2 heteroatoms. The molecule has 0 radical (unpaired) electrons. The molecule has 1 amide bonds. The fourth-order valence-corrected chi connectivity index (χ4v) is 4.07. The molecule has 2 aromatic rings. The molecule has 0 saturated heterocycles. The molecule has 2 rings (SSSR count). The number of hydrogen-bond donors (Lipinski definition) is 1. The minimum absolute atomic E-state index is 0.0364. The molecule has 0 saturated carbocycles. The van der Waals surface area contributed by atoms with Gasteiger partial charge in [0.1, 0.15) is 0 Å². The van der Waals surface area contributed by atoms with Crippen molar-refractivity contribution in [3.05, 3.63) is 60.2 Å². The summed E-state index contributed by atoms with van der Waals surface area (Å²) in [4.78, 5) is 12.3. The number of unbranched alkanes of at least 4 members (excludes halogenated alkanes) is 13. The first-order valence-electron chi connectivity index (χ1n) is 12.7. The van der Waals surface area contributed by atoms with Crippen LogP contribution in [0.15, 0.2) is 54.6 Å². The lowest BCUT2D eigenvalue weighted by molar-refractivity contribution is 0.0953. The van der Waals surface area contributed by atoms with Crippen molar-refractivity contribution in [2.24, 2.45) is 0 Å². The molecule has 0 unspecified atom stereocenters. The Labute approximate surface area is 190 Å². The Balaban J connectivity index is 1.43. The minimum atomic E-state index is 0.0364. The van der Waals surface area contributed by atoms with Crippen LogP contribution < -0.4 is 5.32 Å². The van der Waals surface area contributed by atoms with Crippen molar-refractivity contribution in [2.75, 3.05) is 6.54 Å². The second kappa shape index (κ2) is 16.6. The quantitative estimate of drug-likeness (QED) is 0.255. The van der Waals surface area contributed by atoms with E-state index < -0.39 is 0 Å². The third-order valence-electron chi connectivity index (χ3n) is 6.07. The lowest BCUT2D eigenvalue weighted by Gasteiger charge is -2.07. The zero-order valence-corrected chi connectivity index (χ0v) is 19.7. The summed E-state index contributed by atoms with van der Waals surface area (Å²) in [5.74, 6) is 0.0364. The van der Waals surface area contributed by atoms with Crippen LogP contribution in [0.25, 0.3) is 11.1 Å². The Kier molecular flexibility index (Phi) is 13.5. The van der Waals surface area contributed by atoms with E-state index in [0.29, 0.717) is 0 Å². The van der Waals surface area contributed by atoms with E-state index in [4.69, 9.17) is 0 Å². The molecule has 0 aromatic heterocycles. The first-order chi connectivity index (χ1) is 15.3. The predicted octanol–water partition coefficient (Wildman–Crippen LogP) is 8.56. The van der Waals surface area contributed by atoms with Crippen molar-refractivity contribution in [3.63, 3.8) is 0 Å². The summed E-state index contributed by atoms with van der Waals surface area (Å²) in [6.45, 7) is 3.05. The van der Waals surface area contributed by atoms with Gasteiger partial charge in [0.25, 0.3) is 5.91 Å². The highest BCUT2D eigenvalue weighted by Crippen LogP contribution is 2.19. The smallest absolute Gasteiger partial charge is 0.251 e. The Morgan fingerprint density at radius 2 is 1.03 bits per heavy atom. The van der Waals surface area contributed by atoms with E-state index >= 15 is 0 Å². The van der Waals surface area contributed by atoms with Gasteiger partial charge in [-0.25, -0.2) is 0 Å². The largest absolute Gasteiger partial charge is 0.352 e. The van der Waals surface area contributed by atoms with Crippen LogP contribution in [-0.2, 0) is 0 Å². The van der Waals surface area contributed by atoms with E-state index in [1.807, 2.05) is 42.5 Å². The van der Waals surface area contributed by atoms with Crippen LogP contribution >= 0.6 is 0 Å². The minimum Gasteiger partial charge on any atom is -0.352 e. The van der Waals surface area contributed by atoms with Gasteiger partial charge in [-0.2, -0.15) is 0 Å². The van der Waals surface area contributed by atoms with Gasteiger partial charge in [-0.15, -0.1) is 0 Å². The van der Waals surface area contributed by atoms with Crippen molar-refractivity contribution in [2.45, 2.75) is 96.8 Å². The topological polar surface area (TPSA) is 29.1 Å². The van der Waals surface area contributed by atoms with E-state index in [2.05, 4.69) is 24.4 Å². The van der Waals surface area contributed by atoms with Crippen LogP contribution in [0.3, 0.4) is 0 Å². The van der Waals surface area contributed by atoms with Crippen LogP contribution in [0.5, 0.6) is 0 Å². The summed E-state index contributed by atoms with van der Waals surface area (Å²) in [5, 5.41) is 3.06. The molecule has 31 heavy (non-hydrogen) atoms. The number of benzene rings is 2. The van der Waals surface area contributed by atoms with Gasteiger partial charge in [-0.05, 0) is 29.7 Å². The Bertz CT molecular complexity index is 692. The van der Waals surface area contributed by atoms with E-state index in [9.17, 15) is 4.79 Å². The van der Waals surface area contributed by atoms with Gasteiger partial charge in [0, 0.05) is 12.1 Å². The molecule has 2 aromatic carbocycles. The lowest BCUT2D eigenvalue weighted by Crippen LogP contribution is -2.24. The summed E-state index contributed by atoms with van der Waals surface area (Å²) in [5.41, 5.74) is 3.06. The van der Waals surface area contributed by atoms with E-state index in [0.717, 1.165) is 24.1 Å². The number of carbonyl (C=O) groups excluding carboxylic acids is 1. The van der Waals surface area contributed by atoms with Crippen LogP contribution in [0.2, 0.25) is 0 Å². The highest BCUT2D eigenvalue weighted by atomic mass is 16.1. The van der Waals surface area contributed by atoms with Crippen molar-refractivity contribution in [1.82, 2.24) is 5.32 Å². The highest BCUT2D eigenvalue weighted by Gasteiger charge is 2.05. The molecule has 170 valence electrons. The first-order valence-corrected chi connectivity index (χ1v) is 12.7. The molecule has 0 atom stereocenters.